The molecule has 27 heavy (non-hydrogen) atoms. The SMILES string of the molecule is C[C@@H](C(=O)NCCSc1ccc(Cl)cc1)N(c1cccc(Cl)c1)S(C)(=O)=O. The predicted octanol–water partition coefficient (Wildman–Crippen LogP) is 4.06. The summed E-state index contributed by atoms with van der Waals surface area (Å²) in [4.78, 5) is 13.5. The Kier molecular flexibility index (Phi) is 7.85. The molecule has 0 unspecified atom stereocenters. The van der Waals surface area contributed by atoms with Gasteiger partial charge in [0.25, 0.3) is 0 Å². The van der Waals surface area contributed by atoms with E-state index >= 15 is 0 Å². The lowest BCUT2D eigenvalue weighted by Gasteiger charge is -2.28. The van der Waals surface area contributed by atoms with Crippen LogP contribution in [0, 0.1) is 0 Å². The van der Waals surface area contributed by atoms with Gasteiger partial charge in [-0.1, -0.05) is 29.3 Å². The van der Waals surface area contributed by atoms with Gasteiger partial charge in [0.15, 0.2) is 0 Å². The molecule has 0 fully saturated rings. The summed E-state index contributed by atoms with van der Waals surface area (Å²) in [6.07, 6.45) is 1.06. The van der Waals surface area contributed by atoms with Crippen LogP contribution in [0.3, 0.4) is 0 Å². The van der Waals surface area contributed by atoms with Crippen LogP contribution in [0.1, 0.15) is 6.92 Å². The molecule has 5 nitrogen and oxygen atoms in total. The van der Waals surface area contributed by atoms with Gasteiger partial charge >= 0.3 is 0 Å². The lowest BCUT2D eigenvalue weighted by Crippen LogP contribution is -2.48. The Morgan fingerprint density at radius 2 is 1.81 bits per heavy atom. The number of thioether (sulfide) groups is 1. The fraction of sp³-hybridized carbons (Fsp3) is 0.278. The smallest absolute Gasteiger partial charge is 0.243 e. The van der Waals surface area contributed by atoms with Crippen LogP contribution in [-0.4, -0.2) is 38.9 Å². The number of amides is 1. The zero-order valence-corrected chi connectivity index (χ0v) is 18.0. The Hall–Kier alpha value is -1.41. The second-order valence-corrected chi connectivity index (χ2v) is 9.71. The number of anilines is 1. The number of nitrogens with zero attached hydrogens (tertiary/aromatic N) is 1. The molecule has 0 aliphatic rings. The van der Waals surface area contributed by atoms with Crippen molar-refractivity contribution in [2.75, 3.05) is 22.9 Å². The number of benzene rings is 2. The molecule has 0 aliphatic carbocycles. The first-order chi connectivity index (χ1) is 12.7. The van der Waals surface area contributed by atoms with Crippen LogP contribution in [-0.2, 0) is 14.8 Å². The van der Waals surface area contributed by atoms with Crippen molar-refractivity contribution < 1.29 is 13.2 Å². The highest BCUT2D eigenvalue weighted by Gasteiger charge is 2.29. The van der Waals surface area contributed by atoms with Gasteiger partial charge < -0.3 is 5.32 Å². The van der Waals surface area contributed by atoms with Gasteiger partial charge in [-0.15, -0.1) is 11.8 Å². The van der Waals surface area contributed by atoms with E-state index in [-0.39, 0.29) is 5.91 Å². The van der Waals surface area contributed by atoms with Crippen LogP contribution in [0.5, 0.6) is 0 Å². The van der Waals surface area contributed by atoms with Gasteiger partial charge in [0.1, 0.15) is 6.04 Å². The van der Waals surface area contributed by atoms with Gasteiger partial charge in [-0.05, 0) is 49.4 Å². The molecule has 9 heteroatoms. The first-order valence-electron chi connectivity index (χ1n) is 8.09. The number of nitrogens with one attached hydrogen (secondary N) is 1. The molecular formula is C18H20Cl2N2O3S2. The molecule has 0 heterocycles. The van der Waals surface area contributed by atoms with Gasteiger partial charge in [-0.25, -0.2) is 8.42 Å². The van der Waals surface area contributed by atoms with Gasteiger partial charge in [-0.2, -0.15) is 0 Å². The Morgan fingerprint density at radius 3 is 2.41 bits per heavy atom. The van der Waals surface area contributed by atoms with Crippen LogP contribution >= 0.6 is 35.0 Å². The number of rotatable bonds is 8. The predicted molar refractivity (Wildman–Crippen MR) is 113 cm³/mol. The van der Waals surface area contributed by atoms with Gasteiger partial charge in [0, 0.05) is 27.2 Å². The molecular weight excluding hydrogens is 427 g/mol. The van der Waals surface area contributed by atoms with Crippen molar-refractivity contribution >= 4 is 56.6 Å². The zero-order valence-electron chi connectivity index (χ0n) is 14.9. The maximum Gasteiger partial charge on any atom is 0.243 e. The molecule has 0 spiro atoms. The fourth-order valence-electron chi connectivity index (χ4n) is 2.44. The second kappa shape index (κ2) is 9.68. The van der Waals surface area contributed by atoms with Gasteiger partial charge in [-0.3, -0.25) is 9.10 Å². The van der Waals surface area contributed by atoms with Crippen LogP contribution in [0.2, 0.25) is 10.0 Å². The molecule has 2 rings (SSSR count). The first-order valence-corrected chi connectivity index (χ1v) is 11.7. The Balaban J connectivity index is 1.97. The number of hydrogen-bond donors (Lipinski definition) is 1. The average molecular weight is 447 g/mol. The molecule has 0 aliphatic heterocycles. The quantitative estimate of drug-likeness (QED) is 0.490. The van der Waals surface area contributed by atoms with E-state index in [0.717, 1.165) is 15.5 Å². The monoisotopic (exact) mass is 446 g/mol. The van der Waals surface area contributed by atoms with Crippen molar-refractivity contribution in [2.45, 2.75) is 17.9 Å². The van der Waals surface area contributed by atoms with E-state index < -0.39 is 16.1 Å². The summed E-state index contributed by atoms with van der Waals surface area (Å²) in [6.45, 7) is 1.95. The molecule has 146 valence electrons. The third-order valence-electron chi connectivity index (χ3n) is 3.63. The van der Waals surface area contributed by atoms with E-state index in [4.69, 9.17) is 23.2 Å². The van der Waals surface area contributed by atoms with Crippen LogP contribution in [0.25, 0.3) is 0 Å². The molecule has 2 aromatic rings. The van der Waals surface area contributed by atoms with Crippen molar-refractivity contribution in [1.82, 2.24) is 5.32 Å². The summed E-state index contributed by atoms with van der Waals surface area (Å²) in [5, 5.41) is 3.84. The maximum atomic E-state index is 12.5. The molecule has 1 N–H and O–H groups in total. The molecule has 0 aromatic heterocycles. The number of halogens is 2. The number of carbonyl (C=O) groups excluding carboxylic acids is 1. The zero-order chi connectivity index (χ0) is 20.0. The highest BCUT2D eigenvalue weighted by Crippen LogP contribution is 2.24. The minimum absolute atomic E-state index is 0.350. The third kappa shape index (κ3) is 6.60. The van der Waals surface area contributed by atoms with E-state index in [9.17, 15) is 13.2 Å². The standard InChI is InChI=1S/C18H20Cl2N2O3S2/c1-13(22(27(2,24)25)16-5-3-4-15(20)12-16)18(23)21-10-11-26-17-8-6-14(19)7-9-17/h3-9,12-13H,10-11H2,1-2H3,(H,21,23)/t13-/m0/s1. The number of hydrogen-bond acceptors (Lipinski definition) is 4. The minimum Gasteiger partial charge on any atom is -0.353 e. The topological polar surface area (TPSA) is 66.5 Å². The van der Waals surface area contributed by atoms with E-state index in [1.54, 1.807) is 49.0 Å². The molecule has 0 saturated heterocycles. The van der Waals surface area contributed by atoms with Crippen molar-refractivity contribution in [2.24, 2.45) is 0 Å². The second-order valence-electron chi connectivity index (χ2n) is 5.81. The summed E-state index contributed by atoms with van der Waals surface area (Å²) in [6, 6.07) is 12.9. The van der Waals surface area contributed by atoms with Crippen LogP contribution in [0.15, 0.2) is 53.4 Å². The molecule has 0 radical (unpaired) electrons. The first kappa shape index (κ1) is 21.9. The summed E-state index contributed by atoms with van der Waals surface area (Å²) in [7, 11) is -3.66. The van der Waals surface area contributed by atoms with Crippen LogP contribution < -0.4 is 9.62 Å². The van der Waals surface area contributed by atoms with E-state index in [2.05, 4.69) is 5.32 Å². The molecule has 1 atom stereocenters. The summed E-state index contributed by atoms with van der Waals surface area (Å²) < 4.78 is 25.5. The third-order valence-corrected chi connectivity index (χ3v) is 6.38. The lowest BCUT2D eigenvalue weighted by molar-refractivity contribution is -0.121. The van der Waals surface area contributed by atoms with Gasteiger partial charge in [0.2, 0.25) is 15.9 Å². The largest absolute Gasteiger partial charge is 0.353 e. The molecule has 2 aromatic carbocycles. The van der Waals surface area contributed by atoms with Crippen molar-refractivity contribution in [1.29, 1.82) is 0 Å². The minimum atomic E-state index is -3.66. The van der Waals surface area contributed by atoms with Crippen molar-refractivity contribution in [3.63, 3.8) is 0 Å². The normalized spacial score (nSPS) is 12.4. The maximum absolute atomic E-state index is 12.5. The Labute approximate surface area is 174 Å². The molecule has 0 bridgehead atoms. The van der Waals surface area contributed by atoms with E-state index in [1.807, 2.05) is 12.1 Å². The summed E-state index contributed by atoms with van der Waals surface area (Å²) >= 11 is 13.4. The van der Waals surface area contributed by atoms with Gasteiger partial charge in [0.05, 0.1) is 11.9 Å². The van der Waals surface area contributed by atoms with E-state index in [1.165, 1.54) is 6.07 Å². The van der Waals surface area contributed by atoms with Crippen LogP contribution in [0.4, 0.5) is 5.69 Å². The average Bonchev–Trinajstić information content (AvgIpc) is 2.59. The van der Waals surface area contributed by atoms with Crippen molar-refractivity contribution in [3.05, 3.63) is 58.6 Å². The highest BCUT2D eigenvalue weighted by molar-refractivity contribution is 7.99. The lowest BCUT2D eigenvalue weighted by atomic mass is 10.2. The summed E-state index contributed by atoms with van der Waals surface area (Å²) in [5.41, 5.74) is 0.350. The Bertz CT molecular complexity index is 890. The molecule has 1 amide bonds. The van der Waals surface area contributed by atoms with Crippen molar-refractivity contribution in [3.8, 4) is 0 Å². The number of carbonyl (C=O) groups is 1. The molecule has 0 saturated carbocycles. The highest BCUT2D eigenvalue weighted by atomic mass is 35.5. The fourth-order valence-corrected chi connectivity index (χ4v) is 4.69. The Morgan fingerprint density at radius 1 is 1.15 bits per heavy atom. The summed E-state index contributed by atoms with van der Waals surface area (Å²) in [5.74, 6) is 0.271. The number of sulfonamides is 1. The van der Waals surface area contributed by atoms with E-state index in [0.29, 0.717) is 28.0 Å².